The lowest BCUT2D eigenvalue weighted by Crippen LogP contribution is -2.30. The third-order valence-electron chi connectivity index (χ3n) is 2.70. The van der Waals surface area contributed by atoms with Crippen molar-refractivity contribution in [3.63, 3.8) is 0 Å². The van der Waals surface area contributed by atoms with Crippen LogP contribution >= 0.6 is 34.7 Å². The third kappa shape index (κ3) is 4.16. The molecule has 1 atom stereocenters. The molecule has 0 aliphatic rings. The zero-order chi connectivity index (χ0) is 14.5. The first-order chi connectivity index (χ1) is 9.58. The van der Waals surface area contributed by atoms with Gasteiger partial charge < -0.3 is 10.6 Å². The maximum absolute atomic E-state index is 11.9. The smallest absolute Gasteiger partial charge is 0.319 e. The zero-order valence-electron chi connectivity index (χ0n) is 11.1. The van der Waals surface area contributed by atoms with Crippen LogP contribution in [0, 0.1) is 0 Å². The van der Waals surface area contributed by atoms with E-state index < -0.39 is 0 Å². The van der Waals surface area contributed by atoms with Crippen LogP contribution in [0.25, 0.3) is 0 Å². The van der Waals surface area contributed by atoms with Crippen LogP contribution in [0.4, 0.5) is 10.5 Å². The van der Waals surface area contributed by atoms with E-state index in [-0.39, 0.29) is 12.1 Å². The predicted octanol–water partition coefficient (Wildman–Crippen LogP) is 5.01. The molecule has 6 heteroatoms. The van der Waals surface area contributed by atoms with Crippen LogP contribution in [0.5, 0.6) is 0 Å². The molecule has 1 heterocycles. The Morgan fingerprint density at radius 3 is 2.80 bits per heavy atom. The fraction of sp³-hybridized carbons (Fsp3) is 0.214. The quantitative estimate of drug-likeness (QED) is 0.776. The zero-order valence-corrected chi connectivity index (χ0v) is 13.5. The van der Waals surface area contributed by atoms with Crippen molar-refractivity contribution in [2.75, 3.05) is 11.6 Å². The molecule has 0 spiro atoms. The minimum atomic E-state index is -0.222. The van der Waals surface area contributed by atoms with Crippen molar-refractivity contribution < 1.29 is 4.79 Å². The molecule has 0 saturated carbocycles. The highest BCUT2D eigenvalue weighted by atomic mass is 35.5. The molecule has 3 nitrogen and oxygen atoms in total. The van der Waals surface area contributed by atoms with Crippen molar-refractivity contribution in [3.8, 4) is 0 Å². The Bertz CT molecular complexity index is 600. The van der Waals surface area contributed by atoms with E-state index in [4.69, 9.17) is 11.6 Å². The van der Waals surface area contributed by atoms with Gasteiger partial charge in [-0.25, -0.2) is 4.79 Å². The van der Waals surface area contributed by atoms with Gasteiger partial charge in [0, 0.05) is 15.5 Å². The Labute approximate surface area is 131 Å². The maximum Gasteiger partial charge on any atom is 0.319 e. The molecule has 1 aromatic carbocycles. The number of carbonyl (C=O) groups is 1. The van der Waals surface area contributed by atoms with Gasteiger partial charge >= 0.3 is 6.03 Å². The number of thiophene rings is 1. The average molecular weight is 327 g/mol. The Morgan fingerprint density at radius 1 is 1.35 bits per heavy atom. The number of hydrogen-bond acceptors (Lipinski definition) is 3. The maximum atomic E-state index is 11.9. The van der Waals surface area contributed by atoms with Gasteiger partial charge in [0.1, 0.15) is 0 Å². The lowest BCUT2D eigenvalue weighted by Gasteiger charge is -2.13. The van der Waals surface area contributed by atoms with Crippen molar-refractivity contribution in [1.82, 2.24) is 5.32 Å². The third-order valence-corrected chi connectivity index (χ3v) is 4.84. The first-order valence-corrected chi connectivity index (χ1v) is 8.47. The van der Waals surface area contributed by atoms with E-state index in [1.54, 1.807) is 11.8 Å². The number of thioether (sulfide) groups is 1. The van der Waals surface area contributed by atoms with E-state index in [1.165, 1.54) is 11.3 Å². The van der Waals surface area contributed by atoms with Crippen molar-refractivity contribution in [3.05, 3.63) is 45.6 Å². The summed E-state index contributed by atoms with van der Waals surface area (Å²) in [7, 11) is 0. The first-order valence-electron chi connectivity index (χ1n) is 6.05. The van der Waals surface area contributed by atoms with Crippen molar-refractivity contribution in [2.45, 2.75) is 17.9 Å². The molecular weight excluding hydrogens is 312 g/mol. The molecule has 106 valence electrons. The van der Waals surface area contributed by atoms with Crippen molar-refractivity contribution in [1.29, 1.82) is 0 Å². The average Bonchev–Trinajstić information content (AvgIpc) is 2.85. The number of nitrogens with one attached hydrogen (secondary N) is 2. The van der Waals surface area contributed by atoms with Gasteiger partial charge in [0.25, 0.3) is 0 Å². The van der Waals surface area contributed by atoms with E-state index in [0.717, 1.165) is 19.8 Å². The number of rotatable bonds is 4. The largest absolute Gasteiger partial charge is 0.331 e. The molecule has 0 saturated heterocycles. The predicted molar refractivity (Wildman–Crippen MR) is 88.1 cm³/mol. The molecular formula is C14H15ClN2OS2. The summed E-state index contributed by atoms with van der Waals surface area (Å²) in [6.45, 7) is 1.93. The Hall–Kier alpha value is -1.17. The minimum absolute atomic E-state index is 0.0729. The van der Waals surface area contributed by atoms with Gasteiger partial charge in [-0.3, -0.25) is 0 Å². The van der Waals surface area contributed by atoms with E-state index in [2.05, 4.69) is 10.6 Å². The van der Waals surface area contributed by atoms with Gasteiger partial charge in [0.2, 0.25) is 0 Å². The monoisotopic (exact) mass is 326 g/mol. The van der Waals surface area contributed by atoms with Gasteiger partial charge in [-0.15, -0.1) is 23.1 Å². The Balaban J connectivity index is 1.95. The number of anilines is 1. The van der Waals surface area contributed by atoms with Crippen molar-refractivity contribution in [2.24, 2.45) is 0 Å². The highest BCUT2D eigenvalue weighted by Gasteiger charge is 2.11. The summed E-state index contributed by atoms with van der Waals surface area (Å²) >= 11 is 9.00. The number of benzene rings is 1. The highest BCUT2D eigenvalue weighted by Crippen LogP contribution is 2.26. The lowest BCUT2D eigenvalue weighted by molar-refractivity contribution is 0.249. The van der Waals surface area contributed by atoms with Crippen LogP contribution in [0.3, 0.4) is 0 Å². The molecule has 2 rings (SSSR count). The summed E-state index contributed by atoms with van der Waals surface area (Å²) < 4.78 is 0.724. The van der Waals surface area contributed by atoms with E-state index >= 15 is 0 Å². The van der Waals surface area contributed by atoms with Crippen LogP contribution in [0.15, 0.2) is 41.3 Å². The SMILES string of the molecule is CSc1cccc(NC(=O)NC(C)c2ccc(Cl)s2)c1. The van der Waals surface area contributed by atoms with E-state index in [1.807, 2.05) is 49.6 Å². The summed E-state index contributed by atoms with van der Waals surface area (Å²) in [5.74, 6) is 0. The number of hydrogen-bond donors (Lipinski definition) is 2. The molecule has 2 aromatic rings. The normalized spacial score (nSPS) is 11.9. The molecule has 0 aliphatic heterocycles. The van der Waals surface area contributed by atoms with Gasteiger partial charge in [-0.1, -0.05) is 17.7 Å². The molecule has 2 amide bonds. The summed E-state index contributed by atoms with van der Waals surface area (Å²) in [5.41, 5.74) is 0.783. The number of urea groups is 1. The van der Waals surface area contributed by atoms with Crippen LogP contribution in [-0.2, 0) is 0 Å². The summed E-state index contributed by atoms with van der Waals surface area (Å²) in [5, 5.41) is 5.72. The summed E-state index contributed by atoms with van der Waals surface area (Å²) in [6.07, 6.45) is 2.00. The lowest BCUT2D eigenvalue weighted by atomic mass is 10.3. The molecule has 20 heavy (non-hydrogen) atoms. The molecule has 0 aliphatic carbocycles. The van der Waals surface area contributed by atoms with Gasteiger partial charge in [0.05, 0.1) is 10.4 Å². The minimum Gasteiger partial charge on any atom is -0.331 e. The van der Waals surface area contributed by atoms with E-state index in [9.17, 15) is 4.79 Å². The van der Waals surface area contributed by atoms with Gasteiger partial charge in [-0.2, -0.15) is 0 Å². The first kappa shape index (κ1) is 15.2. The van der Waals surface area contributed by atoms with E-state index in [0.29, 0.717) is 0 Å². The highest BCUT2D eigenvalue weighted by molar-refractivity contribution is 7.98. The number of halogens is 1. The van der Waals surface area contributed by atoms with Crippen LogP contribution < -0.4 is 10.6 Å². The Morgan fingerprint density at radius 2 is 2.15 bits per heavy atom. The fourth-order valence-corrected chi connectivity index (χ4v) is 3.22. The van der Waals surface area contributed by atoms with Gasteiger partial charge in [0.15, 0.2) is 0 Å². The fourth-order valence-electron chi connectivity index (χ4n) is 1.70. The molecule has 0 bridgehead atoms. The van der Waals surface area contributed by atoms with Crippen molar-refractivity contribution >= 4 is 46.4 Å². The van der Waals surface area contributed by atoms with Crippen LogP contribution in [0.2, 0.25) is 4.34 Å². The van der Waals surface area contributed by atoms with Gasteiger partial charge in [-0.05, 0) is 43.5 Å². The second-order valence-electron chi connectivity index (χ2n) is 4.19. The molecule has 0 radical (unpaired) electrons. The standard InChI is InChI=1S/C14H15ClN2OS2/c1-9(12-6-7-13(15)20-12)16-14(18)17-10-4-3-5-11(8-10)19-2/h3-9H,1-2H3,(H2,16,17,18). The molecule has 1 aromatic heterocycles. The molecule has 1 unspecified atom stereocenters. The second kappa shape index (κ2) is 7.02. The van der Waals surface area contributed by atoms with Crippen LogP contribution in [-0.4, -0.2) is 12.3 Å². The number of carbonyl (C=O) groups excluding carboxylic acids is 1. The molecule has 0 fully saturated rings. The molecule has 2 N–H and O–H groups in total. The Kier molecular flexibility index (Phi) is 5.34. The van der Waals surface area contributed by atoms with Crippen LogP contribution in [0.1, 0.15) is 17.8 Å². The second-order valence-corrected chi connectivity index (χ2v) is 6.82. The topological polar surface area (TPSA) is 41.1 Å². The summed E-state index contributed by atoms with van der Waals surface area (Å²) in [4.78, 5) is 14.1. The number of amides is 2. The summed E-state index contributed by atoms with van der Waals surface area (Å²) in [6, 6.07) is 11.2.